The van der Waals surface area contributed by atoms with Gasteiger partial charge in [0.2, 0.25) is 0 Å². The highest BCUT2D eigenvalue weighted by atomic mass is 32.3. The molecular weight excluding hydrogens is 503 g/mol. The highest BCUT2D eigenvalue weighted by Gasteiger charge is 2.30. The van der Waals surface area contributed by atoms with Crippen molar-refractivity contribution >= 4 is 34.9 Å². The molecule has 36 heavy (non-hydrogen) atoms. The van der Waals surface area contributed by atoms with Gasteiger partial charge in [0, 0.05) is 49.6 Å². The average molecular weight is 529 g/mol. The Hall–Kier alpha value is -3.24. The number of hydrogen-bond donors (Lipinski definition) is 1. The third-order valence-electron chi connectivity index (χ3n) is 6.57. The van der Waals surface area contributed by atoms with Gasteiger partial charge in [0.05, 0.1) is 0 Å². The van der Waals surface area contributed by atoms with Gasteiger partial charge >= 0.3 is 16.6 Å². The van der Waals surface area contributed by atoms with Crippen LogP contribution in [0.1, 0.15) is 22.6 Å². The van der Waals surface area contributed by atoms with Gasteiger partial charge in [-0.3, -0.25) is 0 Å². The van der Waals surface area contributed by atoms with Gasteiger partial charge < -0.3 is 18.7 Å². The first kappa shape index (κ1) is 24.5. The number of benzene rings is 3. The summed E-state index contributed by atoms with van der Waals surface area (Å²) in [5, 5.41) is 0. The predicted molar refractivity (Wildman–Crippen MR) is 139 cm³/mol. The van der Waals surface area contributed by atoms with Crippen LogP contribution in [0, 0.1) is 0 Å². The number of halogens is 1. The minimum atomic E-state index is -5.13. The van der Waals surface area contributed by atoms with E-state index in [1.165, 1.54) is 23.3 Å². The molecule has 1 saturated heterocycles. The Labute approximate surface area is 215 Å². The van der Waals surface area contributed by atoms with Crippen molar-refractivity contribution in [3.63, 3.8) is 0 Å². The summed E-state index contributed by atoms with van der Waals surface area (Å²) in [6.45, 7) is 2.12. The molecule has 5 rings (SSSR count). The normalized spacial score (nSPS) is 15.4. The molecule has 1 amide bonds. The summed E-state index contributed by atoms with van der Waals surface area (Å²) in [5.74, 6) is 0.214. The minimum Gasteiger partial charge on any atom is -0.448 e. The molecule has 0 radical (unpaired) electrons. The van der Waals surface area contributed by atoms with E-state index in [0.29, 0.717) is 43.2 Å². The fraction of sp³-hybridized carbons (Fsp3) is 0.269. The van der Waals surface area contributed by atoms with Crippen molar-refractivity contribution in [2.75, 3.05) is 37.7 Å². The first-order chi connectivity index (χ1) is 17.3. The van der Waals surface area contributed by atoms with Crippen molar-refractivity contribution in [1.82, 2.24) is 4.90 Å². The van der Waals surface area contributed by atoms with E-state index in [1.807, 2.05) is 35.2 Å². The maximum absolute atomic E-state index is 13.0. The van der Waals surface area contributed by atoms with Crippen molar-refractivity contribution in [3.05, 3.63) is 83.4 Å². The lowest BCUT2D eigenvalue weighted by atomic mass is 9.98. The van der Waals surface area contributed by atoms with E-state index in [9.17, 15) is 17.1 Å². The highest BCUT2D eigenvalue weighted by molar-refractivity contribution is 7.81. The lowest BCUT2D eigenvalue weighted by Crippen LogP contribution is -2.49. The molecule has 1 fully saturated rings. The Kier molecular flexibility index (Phi) is 6.81. The number of carbonyl (C=O) groups excluding carboxylic acids is 1. The number of anilines is 1. The molecule has 0 aromatic heterocycles. The van der Waals surface area contributed by atoms with Crippen LogP contribution in [-0.4, -0.2) is 52.2 Å². The zero-order valence-corrected chi connectivity index (χ0v) is 21.1. The van der Waals surface area contributed by atoms with Crippen molar-refractivity contribution in [3.8, 4) is 16.9 Å². The van der Waals surface area contributed by atoms with Gasteiger partial charge in [0.1, 0.15) is 12.4 Å². The zero-order valence-electron chi connectivity index (χ0n) is 19.3. The summed E-state index contributed by atoms with van der Waals surface area (Å²) in [5.41, 5.74) is 6.04. The monoisotopic (exact) mass is 528 g/mol. The maximum Gasteiger partial charge on any atom is 0.488 e. The molecule has 0 saturated carbocycles. The van der Waals surface area contributed by atoms with Crippen molar-refractivity contribution in [2.45, 2.75) is 11.7 Å². The fourth-order valence-corrected chi connectivity index (χ4v) is 5.42. The van der Waals surface area contributed by atoms with E-state index in [4.69, 9.17) is 4.74 Å². The number of nitrogens with zero attached hydrogens (tertiary/aromatic N) is 2. The standard InChI is InChI=1S/C26H25FN2O5S2/c27-36(31,32)34-20-14-18(17-35)13-19(15-20)28-9-11-29(12-10-28)26(30)33-16-25-23-7-3-1-5-21(23)22-6-2-4-8-24(22)25/h1-8,13-15,25,35H,9-12,16-17H2. The van der Waals surface area contributed by atoms with Gasteiger partial charge in [-0.2, -0.15) is 21.0 Å². The highest BCUT2D eigenvalue weighted by Crippen LogP contribution is 2.44. The second kappa shape index (κ2) is 10.0. The zero-order chi connectivity index (χ0) is 25.3. The molecule has 0 unspecified atom stereocenters. The Bertz CT molecular complexity index is 1350. The van der Waals surface area contributed by atoms with Crippen LogP contribution in [0.15, 0.2) is 66.7 Å². The van der Waals surface area contributed by atoms with Gasteiger partial charge in [0.25, 0.3) is 0 Å². The Morgan fingerprint density at radius 1 is 0.944 bits per heavy atom. The topological polar surface area (TPSA) is 76.2 Å². The van der Waals surface area contributed by atoms with E-state index < -0.39 is 10.5 Å². The Morgan fingerprint density at radius 2 is 1.56 bits per heavy atom. The number of piperazine rings is 1. The quantitative estimate of drug-likeness (QED) is 0.367. The molecule has 188 valence electrons. The largest absolute Gasteiger partial charge is 0.488 e. The molecule has 1 aliphatic heterocycles. The van der Waals surface area contributed by atoms with E-state index >= 15 is 0 Å². The second-order valence-electron chi connectivity index (χ2n) is 8.75. The third kappa shape index (κ3) is 5.15. The molecule has 7 nitrogen and oxygen atoms in total. The molecule has 0 N–H and O–H groups in total. The summed E-state index contributed by atoms with van der Waals surface area (Å²) in [6.07, 6.45) is -0.367. The summed E-state index contributed by atoms with van der Waals surface area (Å²) in [6, 6.07) is 21.1. The molecule has 0 spiro atoms. The van der Waals surface area contributed by atoms with Gasteiger partial charge in [-0.1, -0.05) is 52.4 Å². The van der Waals surface area contributed by atoms with Gasteiger partial charge in [-0.25, -0.2) is 4.79 Å². The smallest absolute Gasteiger partial charge is 0.448 e. The second-order valence-corrected chi connectivity index (χ2v) is 10.0. The molecule has 1 aliphatic carbocycles. The number of carbonyl (C=O) groups is 1. The van der Waals surface area contributed by atoms with E-state index in [-0.39, 0.29) is 24.4 Å². The van der Waals surface area contributed by atoms with Gasteiger partial charge in [-0.05, 0) is 39.9 Å². The lowest BCUT2D eigenvalue weighted by molar-refractivity contribution is 0.0976. The molecule has 3 aromatic rings. The van der Waals surface area contributed by atoms with E-state index in [0.717, 1.165) is 11.1 Å². The minimum absolute atomic E-state index is 0.00295. The number of thiol groups is 1. The van der Waals surface area contributed by atoms with Crippen LogP contribution in [-0.2, 0) is 21.0 Å². The number of hydrogen-bond acceptors (Lipinski definition) is 7. The van der Waals surface area contributed by atoms with Crippen LogP contribution in [0.5, 0.6) is 5.75 Å². The third-order valence-corrected chi connectivity index (χ3v) is 7.33. The van der Waals surface area contributed by atoms with Crippen LogP contribution < -0.4 is 9.08 Å². The first-order valence-electron chi connectivity index (χ1n) is 11.6. The molecule has 10 heteroatoms. The summed E-state index contributed by atoms with van der Waals surface area (Å²) in [7, 11) is -5.13. The number of amides is 1. The van der Waals surface area contributed by atoms with Crippen molar-refractivity contribution in [2.24, 2.45) is 0 Å². The molecule has 0 atom stereocenters. The summed E-state index contributed by atoms with van der Waals surface area (Å²) >= 11 is 4.23. The number of rotatable bonds is 6. The SMILES string of the molecule is O=C(OCC1c2ccccc2-c2ccccc21)N1CCN(c2cc(CS)cc(OS(=O)(=O)F)c2)CC1. The van der Waals surface area contributed by atoms with Gasteiger partial charge in [0.15, 0.2) is 0 Å². The Morgan fingerprint density at radius 3 is 2.14 bits per heavy atom. The molecule has 3 aromatic carbocycles. The maximum atomic E-state index is 13.0. The van der Waals surface area contributed by atoms with Crippen LogP contribution in [0.2, 0.25) is 0 Å². The van der Waals surface area contributed by atoms with E-state index in [2.05, 4.69) is 41.1 Å². The predicted octanol–water partition coefficient (Wildman–Crippen LogP) is 4.78. The summed E-state index contributed by atoms with van der Waals surface area (Å²) < 4.78 is 45.1. The number of ether oxygens (including phenoxy) is 1. The molecule has 2 aliphatic rings. The van der Waals surface area contributed by atoms with Crippen LogP contribution in [0.3, 0.4) is 0 Å². The van der Waals surface area contributed by atoms with Crippen LogP contribution in [0.25, 0.3) is 11.1 Å². The summed E-state index contributed by atoms with van der Waals surface area (Å²) in [4.78, 5) is 16.5. The van der Waals surface area contributed by atoms with Gasteiger partial charge in [-0.15, -0.1) is 0 Å². The molecule has 0 bridgehead atoms. The number of fused-ring (bicyclic) bond motifs is 3. The molecule has 1 heterocycles. The van der Waals surface area contributed by atoms with Crippen molar-refractivity contribution < 1.29 is 26.0 Å². The molecular formula is C26H25FN2O5S2. The first-order valence-corrected chi connectivity index (χ1v) is 13.5. The lowest BCUT2D eigenvalue weighted by Gasteiger charge is -2.36. The fourth-order valence-electron chi connectivity index (χ4n) is 4.91. The Balaban J connectivity index is 1.22. The van der Waals surface area contributed by atoms with Crippen LogP contribution >= 0.6 is 12.6 Å². The van der Waals surface area contributed by atoms with E-state index in [1.54, 1.807) is 4.90 Å². The van der Waals surface area contributed by atoms with Crippen LogP contribution in [0.4, 0.5) is 14.4 Å². The average Bonchev–Trinajstić information content (AvgIpc) is 3.20. The van der Waals surface area contributed by atoms with Crippen molar-refractivity contribution in [1.29, 1.82) is 0 Å².